The molecular formula is C48H60N10O7. The molecule has 0 aliphatic carbocycles. The van der Waals surface area contributed by atoms with Crippen molar-refractivity contribution in [1.82, 2.24) is 45.4 Å². The smallest absolute Gasteiger partial charge is 0.274 e. The van der Waals surface area contributed by atoms with Crippen LogP contribution in [0.25, 0.3) is 6.08 Å². The van der Waals surface area contributed by atoms with Crippen LogP contribution >= 0.6 is 0 Å². The molecule has 1 aromatic carbocycles. The first-order valence-electron chi connectivity index (χ1n) is 23.4. The van der Waals surface area contributed by atoms with E-state index >= 15 is 0 Å². The molecule has 7 heterocycles. The van der Waals surface area contributed by atoms with E-state index in [1.165, 1.54) is 0 Å². The molecule has 5 aliphatic heterocycles. The summed E-state index contributed by atoms with van der Waals surface area (Å²) in [5.41, 5.74) is 1.69. The fourth-order valence-electron chi connectivity index (χ4n) is 9.71. The Kier molecular flexibility index (Phi) is 15.2. The molecule has 0 saturated carbocycles. The van der Waals surface area contributed by atoms with Gasteiger partial charge in [0.1, 0.15) is 11.8 Å². The molecule has 17 heteroatoms. The van der Waals surface area contributed by atoms with Crippen LogP contribution in [0.2, 0.25) is 0 Å². The van der Waals surface area contributed by atoms with E-state index in [0.29, 0.717) is 36.6 Å². The number of hydrogen-bond donors (Lipinski definition) is 2. The quantitative estimate of drug-likeness (QED) is 0.114. The number of pyridine rings is 1. The van der Waals surface area contributed by atoms with Crippen molar-refractivity contribution in [3.05, 3.63) is 83.3 Å². The van der Waals surface area contributed by atoms with Gasteiger partial charge in [0.2, 0.25) is 17.7 Å². The second kappa shape index (κ2) is 21.7. The first-order valence-corrected chi connectivity index (χ1v) is 23.4. The van der Waals surface area contributed by atoms with E-state index in [0.717, 1.165) is 133 Å². The molecule has 0 radical (unpaired) electrons. The molecule has 4 fully saturated rings. The first kappa shape index (κ1) is 45.5. The molecule has 0 spiro atoms. The largest absolute Gasteiger partial charge is 0.493 e. The summed E-state index contributed by atoms with van der Waals surface area (Å²) in [5, 5.41) is 14.1. The lowest BCUT2D eigenvalue weighted by Crippen LogP contribution is -2.54. The maximum absolute atomic E-state index is 13.3. The highest BCUT2D eigenvalue weighted by Crippen LogP contribution is 2.34. The second-order valence-corrected chi connectivity index (χ2v) is 17.7. The van der Waals surface area contributed by atoms with Gasteiger partial charge in [-0.2, -0.15) is 0 Å². The van der Waals surface area contributed by atoms with Gasteiger partial charge in [0, 0.05) is 89.8 Å². The minimum absolute atomic E-state index is 0.0520. The van der Waals surface area contributed by atoms with Crippen molar-refractivity contribution in [2.75, 3.05) is 77.0 Å². The lowest BCUT2D eigenvalue weighted by atomic mass is 9.91. The Morgan fingerprint density at radius 2 is 1.63 bits per heavy atom. The van der Waals surface area contributed by atoms with E-state index < -0.39 is 29.7 Å². The molecule has 6 amide bonds. The number of nitrogens with zero attached hydrogens (tertiary/aromatic N) is 8. The van der Waals surface area contributed by atoms with Gasteiger partial charge in [-0.3, -0.25) is 48.9 Å². The molecule has 344 valence electrons. The van der Waals surface area contributed by atoms with Gasteiger partial charge in [-0.25, -0.2) is 0 Å². The van der Waals surface area contributed by atoms with Crippen molar-refractivity contribution >= 4 is 47.3 Å². The number of carbonyl (C=O) groups is 6. The molecule has 1 unspecified atom stereocenters. The number of unbranched alkanes of at least 4 members (excludes halogenated alkanes) is 2. The summed E-state index contributed by atoms with van der Waals surface area (Å²) < 4.78 is 6.03. The van der Waals surface area contributed by atoms with E-state index in [1.807, 2.05) is 29.2 Å². The van der Waals surface area contributed by atoms with Crippen molar-refractivity contribution in [1.29, 1.82) is 0 Å². The highest BCUT2D eigenvalue weighted by molar-refractivity contribution is 6.24. The Bertz CT molecular complexity index is 2200. The average molecular weight is 889 g/mol. The van der Waals surface area contributed by atoms with Gasteiger partial charge in [0.25, 0.3) is 17.7 Å². The number of piperidine rings is 3. The maximum atomic E-state index is 13.3. The van der Waals surface area contributed by atoms with E-state index in [9.17, 15) is 28.8 Å². The minimum atomic E-state index is -1.01. The number of amides is 6. The van der Waals surface area contributed by atoms with Crippen LogP contribution in [0.5, 0.6) is 5.75 Å². The number of benzene rings is 1. The number of fused-ring (bicyclic) bond motifs is 1. The number of carbonyl (C=O) groups excluding carboxylic acids is 6. The average Bonchev–Trinajstić information content (AvgIpc) is 3.59. The van der Waals surface area contributed by atoms with Crippen LogP contribution in [0.3, 0.4) is 0 Å². The molecule has 65 heavy (non-hydrogen) atoms. The number of rotatable bonds is 17. The number of piperazine rings is 1. The predicted octanol–water partition coefficient (Wildman–Crippen LogP) is 3.57. The summed E-state index contributed by atoms with van der Waals surface area (Å²) in [5.74, 6) is -0.547. The van der Waals surface area contributed by atoms with E-state index in [2.05, 4.69) is 40.5 Å². The molecule has 0 bridgehead atoms. The zero-order chi connectivity index (χ0) is 45.1. The number of imide groups is 2. The van der Waals surface area contributed by atoms with Crippen molar-refractivity contribution < 1.29 is 33.5 Å². The van der Waals surface area contributed by atoms with Crippen LogP contribution in [0, 0.1) is 5.92 Å². The zero-order valence-corrected chi connectivity index (χ0v) is 37.1. The van der Waals surface area contributed by atoms with E-state index in [-0.39, 0.29) is 35.8 Å². The third-order valence-corrected chi connectivity index (χ3v) is 13.5. The Labute approximate surface area is 379 Å². The van der Waals surface area contributed by atoms with Gasteiger partial charge in [-0.05, 0) is 106 Å². The number of hydrogen-bond acceptors (Lipinski definition) is 13. The van der Waals surface area contributed by atoms with Gasteiger partial charge < -0.3 is 24.8 Å². The lowest BCUT2D eigenvalue weighted by molar-refractivity contribution is -0.136. The number of anilines is 1. The summed E-state index contributed by atoms with van der Waals surface area (Å²) in [4.78, 5) is 90.3. The molecule has 2 aromatic heterocycles. The molecule has 4 saturated heterocycles. The Morgan fingerprint density at radius 1 is 0.815 bits per heavy atom. The second-order valence-electron chi connectivity index (χ2n) is 17.7. The lowest BCUT2D eigenvalue weighted by Gasteiger charge is -2.43. The van der Waals surface area contributed by atoms with Crippen molar-refractivity contribution in [2.45, 2.75) is 82.7 Å². The van der Waals surface area contributed by atoms with Gasteiger partial charge in [-0.15, -0.1) is 10.2 Å². The number of nitrogens with one attached hydrogen (secondary N) is 2. The van der Waals surface area contributed by atoms with Gasteiger partial charge in [-0.1, -0.05) is 25.0 Å². The van der Waals surface area contributed by atoms with Crippen LogP contribution in [-0.4, -0.2) is 154 Å². The van der Waals surface area contributed by atoms with Gasteiger partial charge in [0.15, 0.2) is 11.5 Å². The van der Waals surface area contributed by atoms with Crippen LogP contribution in [0.15, 0.2) is 60.9 Å². The van der Waals surface area contributed by atoms with E-state index in [1.54, 1.807) is 42.7 Å². The fourth-order valence-corrected chi connectivity index (χ4v) is 9.71. The van der Waals surface area contributed by atoms with Gasteiger partial charge in [0.05, 0.1) is 17.7 Å². The van der Waals surface area contributed by atoms with Crippen LogP contribution in [0.1, 0.15) is 107 Å². The minimum Gasteiger partial charge on any atom is -0.493 e. The Morgan fingerprint density at radius 3 is 2.37 bits per heavy atom. The summed E-state index contributed by atoms with van der Waals surface area (Å²) in [6.45, 7) is 9.31. The summed E-state index contributed by atoms with van der Waals surface area (Å²) >= 11 is 0. The summed E-state index contributed by atoms with van der Waals surface area (Å²) in [6.07, 6.45) is 15.8. The van der Waals surface area contributed by atoms with Gasteiger partial charge >= 0.3 is 0 Å². The normalized spacial score (nSPS) is 20.4. The number of aromatic nitrogens is 3. The summed E-state index contributed by atoms with van der Waals surface area (Å²) in [7, 11) is 0. The monoisotopic (exact) mass is 888 g/mol. The van der Waals surface area contributed by atoms with E-state index in [4.69, 9.17) is 4.74 Å². The maximum Gasteiger partial charge on any atom is 0.274 e. The highest BCUT2D eigenvalue weighted by atomic mass is 16.5. The van der Waals surface area contributed by atoms with Crippen LogP contribution in [-0.2, 0) is 14.4 Å². The Hall–Kier alpha value is -6.07. The molecule has 8 rings (SSSR count). The topological polar surface area (TPSA) is 191 Å². The van der Waals surface area contributed by atoms with Crippen molar-refractivity contribution in [3.63, 3.8) is 0 Å². The fraction of sp³-hybridized carbons (Fsp3) is 0.521. The molecule has 17 nitrogen and oxygen atoms in total. The zero-order valence-electron chi connectivity index (χ0n) is 37.1. The van der Waals surface area contributed by atoms with Crippen molar-refractivity contribution in [3.8, 4) is 5.75 Å². The summed E-state index contributed by atoms with van der Waals surface area (Å²) in [6, 6.07) is 12.0. The number of likely N-dealkylation sites (tertiary alicyclic amines) is 1. The molecular weight excluding hydrogens is 829 g/mol. The Balaban J connectivity index is 0.676. The van der Waals surface area contributed by atoms with Crippen molar-refractivity contribution in [2.24, 2.45) is 5.92 Å². The molecule has 3 aromatic rings. The highest BCUT2D eigenvalue weighted by Gasteiger charge is 2.46. The molecule has 5 aliphatic rings. The standard InChI is InChI=1S/C48H60N10O7/c59-42(15-11-35-8-6-21-49-33-35)50-22-2-1-7-34-17-24-57(25-18-34)47(63)38-12-14-41(53-52-38)56-26-19-36(20-27-56)55-30-28-54(29-31-55)23-3-4-32-65-40-10-5-9-37-44(40)48(64)58(46(37)62)39-13-16-43(60)51-45(39)61/h5-6,8-12,14-15,21,33-34,36,39H,1-4,7,13,16-20,22-32H2,(H,50,59)(H,51,60,61)/b15-11+. The van der Waals surface area contributed by atoms with Crippen LogP contribution in [0.4, 0.5) is 5.82 Å². The predicted molar refractivity (Wildman–Crippen MR) is 242 cm³/mol. The SMILES string of the molecule is O=C(/C=C/c1cccnc1)NCCCCC1CCN(C(=O)c2ccc(N3CCC(N4CCN(CCCCOc5cccc6c5C(=O)N(C5CCC(=O)NC5=O)C6=O)CC4)CC3)nn2)CC1. The molecule has 1 atom stereocenters. The van der Waals surface area contributed by atoms with Crippen LogP contribution < -0.4 is 20.3 Å². The number of ether oxygens (including phenoxy) is 1. The first-order chi connectivity index (χ1) is 31.7. The third-order valence-electron chi connectivity index (χ3n) is 13.5. The third kappa shape index (κ3) is 11.4. The molecule has 2 N–H and O–H groups in total.